The Labute approximate surface area is 236 Å². The minimum absolute atomic E-state index is 0.114. The van der Waals surface area contributed by atoms with Crippen molar-refractivity contribution in [3.8, 4) is 0 Å². The van der Waals surface area contributed by atoms with Crippen LogP contribution in [0.5, 0.6) is 0 Å². The molecule has 0 aromatic heterocycles. The highest BCUT2D eigenvalue weighted by Crippen LogP contribution is 2.49. The van der Waals surface area contributed by atoms with Crippen molar-refractivity contribution in [3.63, 3.8) is 0 Å². The Kier molecular flexibility index (Phi) is 6.49. The van der Waals surface area contributed by atoms with Crippen LogP contribution in [0.25, 0.3) is 10.8 Å². The molecule has 0 spiro atoms. The van der Waals surface area contributed by atoms with Crippen LogP contribution in [-0.2, 0) is 24.4 Å². The molecule has 6 rings (SSSR count). The molecule has 4 fully saturated rings. The number of sulfonamides is 1. The van der Waals surface area contributed by atoms with Crippen LogP contribution >= 0.6 is 0 Å². The molecular formula is C30H38N4O5S. The molecule has 0 radical (unpaired) electrons. The molecule has 7 atom stereocenters. The summed E-state index contributed by atoms with van der Waals surface area (Å²) in [5, 5.41) is 1.46. The van der Waals surface area contributed by atoms with Crippen molar-refractivity contribution in [3.05, 3.63) is 36.4 Å². The van der Waals surface area contributed by atoms with Crippen LogP contribution in [0.4, 0.5) is 5.69 Å². The number of hydrogen-bond acceptors (Lipinski definition) is 6. The number of fused-ring (bicyclic) bond motifs is 2. The molecular weight excluding hydrogens is 528 g/mol. The fourth-order valence-corrected chi connectivity index (χ4v) is 9.35. The highest BCUT2D eigenvalue weighted by Gasteiger charge is 2.60. The van der Waals surface area contributed by atoms with E-state index in [0.717, 1.165) is 11.1 Å². The van der Waals surface area contributed by atoms with E-state index < -0.39 is 28.0 Å². The summed E-state index contributed by atoms with van der Waals surface area (Å²) in [5.74, 6) is -0.709. The van der Waals surface area contributed by atoms with Crippen molar-refractivity contribution < 1.29 is 22.8 Å². The first-order chi connectivity index (χ1) is 19.0. The third kappa shape index (κ3) is 3.89. The van der Waals surface area contributed by atoms with Gasteiger partial charge < -0.3 is 9.80 Å². The van der Waals surface area contributed by atoms with Gasteiger partial charge in [-0.05, 0) is 43.2 Å². The number of likely N-dealkylation sites (tertiary alicyclic amines) is 2. The molecule has 214 valence electrons. The first-order valence-corrected chi connectivity index (χ1v) is 15.8. The minimum Gasteiger partial charge on any atom is -0.377 e. The molecule has 0 bridgehead atoms. The molecule has 3 aliphatic heterocycles. The molecule has 1 saturated carbocycles. The lowest BCUT2D eigenvalue weighted by molar-refractivity contribution is -0.146. The summed E-state index contributed by atoms with van der Waals surface area (Å²) in [6.07, 6.45) is 1.55. The number of amides is 3. The lowest BCUT2D eigenvalue weighted by atomic mass is 10.0. The summed E-state index contributed by atoms with van der Waals surface area (Å²) in [4.78, 5) is 45.9. The topological polar surface area (TPSA) is 98.3 Å². The van der Waals surface area contributed by atoms with Gasteiger partial charge in [0.1, 0.15) is 6.04 Å². The zero-order valence-electron chi connectivity index (χ0n) is 23.8. The number of carbonyl (C=O) groups is 3. The number of anilines is 1. The van der Waals surface area contributed by atoms with Crippen molar-refractivity contribution in [1.82, 2.24) is 14.1 Å². The van der Waals surface area contributed by atoms with Crippen LogP contribution in [0.3, 0.4) is 0 Å². The molecule has 3 saturated heterocycles. The van der Waals surface area contributed by atoms with Crippen molar-refractivity contribution in [2.75, 3.05) is 32.1 Å². The zero-order valence-corrected chi connectivity index (χ0v) is 24.6. The smallest absolute Gasteiger partial charge is 0.244 e. The van der Waals surface area contributed by atoms with Gasteiger partial charge in [-0.25, -0.2) is 8.42 Å². The summed E-state index contributed by atoms with van der Waals surface area (Å²) in [6.45, 7) is 6.54. The van der Waals surface area contributed by atoms with E-state index in [4.69, 9.17) is 0 Å². The molecule has 2 aromatic carbocycles. The van der Waals surface area contributed by atoms with Crippen LogP contribution in [0.2, 0.25) is 0 Å². The average molecular weight is 567 g/mol. The SMILES string of the molecule is C[C@@H]1C(=O)N(C(=O)C2[C@@H](C)[C@H]2C)[C@H]2CCN(C(=O)[C@@H]3CCCN3S(=O)(=O)c3cccc4c(N(C)C)cccc34)[C@H]12. The summed E-state index contributed by atoms with van der Waals surface area (Å²) >= 11 is 0. The van der Waals surface area contributed by atoms with Gasteiger partial charge in [-0.2, -0.15) is 4.31 Å². The minimum atomic E-state index is -3.98. The molecule has 3 amide bonds. The lowest BCUT2D eigenvalue weighted by Gasteiger charge is -2.32. The fraction of sp³-hybridized carbons (Fsp3) is 0.567. The largest absolute Gasteiger partial charge is 0.377 e. The van der Waals surface area contributed by atoms with Crippen molar-refractivity contribution in [1.29, 1.82) is 0 Å². The molecule has 1 aliphatic carbocycles. The van der Waals surface area contributed by atoms with Gasteiger partial charge in [0.15, 0.2) is 0 Å². The molecule has 1 unspecified atom stereocenters. The third-order valence-electron chi connectivity index (χ3n) is 9.93. The zero-order chi connectivity index (χ0) is 28.7. The van der Waals surface area contributed by atoms with E-state index in [0.29, 0.717) is 31.2 Å². The number of hydrogen-bond donors (Lipinski definition) is 0. The van der Waals surface area contributed by atoms with Gasteiger partial charge in [-0.1, -0.05) is 45.0 Å². The average Bonchev–Trinajstić information content (AvgIpc) is 3.35. The number of nitrogens with zero attached hydrogens (tertiary/aromatic N) is 4. The first kappa shape index (κ1) is 27.2. The molecule has 2 aromatic rings. The second-order valence-electron chi connectivity index (χ2n) is 12.3. The van der Waals surface area contributed by atoms with E-state index in [9.17, 15) is 22.8 Å². The lowest BCUT2D eigenvalue weighted by Crippen LogP contribution is -2.51. The monoisotopic (exact) mass is 566 g/mol. The first-order valence-electron chi connectivity index (χ1n) is 14.3. The van der Waals surface area contributed by atoms with Gasteiger partial charge in [0.2, 0.25) is 27.7 Å². The van der Waals surface area contributed by atoms with Gasteiger partial charge >= 0.3 is 0 Å². The van der Waals surface area contributed by atoms with Gasteiger partial charge in [-0.15, -0.1) is 0 Å². The number of carbonyl (C=O) groups excluding carboxylic acids is 3. The van der Waals surface area contributed by atoms with Gasteiger partial charge in [0.05, 0.1) is 22.9 Å². The maximum atomic E-state index is 14.1. The summed E-state index contributed by atoms with van der Waals surface area (Å²) in [5.41, 5.74) is 0.917. The molecule has 9 nitrogen and oxygen atoms in total. The van der Waals surface area contributed by atoms with Crippen molar-refractivity contribution in [2.24, 2.45) is 23.7 Å². The molecule has 3 heterocycles. The van der Waals surface area contributed by atoms with Crippen molar-refractivity contribution in [2.45, 2.75) is 63.1 Å². The van der Waals surface area contributed by atoms with E-state index in [-0.39, 0.29) is 53.0 Å². The van der Waals surface area contributed by atoms with Crippen LogP contribution in [-0.4, -0.2) is 85.6 Å². The number of rotatable bonds is 5. The predicted molar refractivity (Wildman–Crippen MR) is 152 cm³/mol. The highest BCUT2D eigenvalue weighted by molar-refractivity contribution is 7.89. The van der Waals surface area contributed by atoms with E-state index in [2.05, 4.69) is 0 Å². The Hall–Kier alpha value is -2.98. The van der Waals surface area contributed by atoms with E-state index in [1.54, 1.807) is 24.0 Å². The summed E-state index contributed by atoms with van der Waals surface area (Å²) in [6, 6.07) is 9.30. The van der Waals surface area contributed by atoms with E-state index in [1.807, 2.05) is 57.1 Å². The number of benzene rings is 2. The van der Waals surface area contributed by atoms with Crippen molar-refractivity contribution >= 4 is 44.2 Å². The molecule has 10 heteroatoms. The maximum absolute atomic E-state index is 14.1. The van der Waals surface area contributed by atoms with Crippen LogP contribution < -0.4 is 4.90 Å². The maximum Gasteiger partial charge on any atom is 0.244 e. The second kappa shape index (κ2) is 9.55. The Morgan fingerprint density at radius 3 is 2.25 bits per heavy atom. The Morgan fingerprint density at radius 2 is 1.57 bits per heavy atom. The van der Waals surface area contributed by atoms with Gasteiger partial charge in [0.25, 0.3) is 0 Å². The van der Waals surface area contributed by atoms with E-state index in [1.165, 1.54) is 9.21 Å². The Morgan fingerprint density at radius 1 is 0.900 bits per heavy atom. The Balaban J connectivity index is 1.28. The number of imide groups is 1. The normalized spacial score (nSPS) is 32.1. The molecule has 0 N–H and O–H groups in total. The van der Waals surface area contributed by atoms with Crippen LogP contribution in [0, 0.1) is 23.7 Å². The second-order valence-corrected chi connectivity index (χ2v) is 14.1. The van der Waals surface area contributed by atoms with Gasteiger partial charge in [0, 0.05) is 49.6 Å². The van der Waals surface area contributed by atoms with Crippen LogP contribution in [0.15, 0.2) is 41.3 Å². The predicted octanol–water partition coefficient (Wildman–Crippen LogP) is 2.94. The van der Waals surface area contributed by atoms with Gasteiger partial charge in [-0.3, -0.25) is 19.3 Å². The molecule has 4 aliphatic rings. The third-order valence-corrected chi connectivity index (χ3v) is 11.9. The summed E-state index contributed by atoms with van der Waals surface area (Å²) < 4.78 is 29.6. The molecule has 40 heavy (non-hydrogen) atoms. The summed E-state index contributed by atoms with van der Waals surface area (Å²) in [7, 11) is -0.141. The van der Waals surface area contributed by atoms with E-state index >= 15 is 0 Å². The highest BCUT2D eigenvalue weighted by atomic mass is 32.2. The quantitative estimate of drug-likeness (QED) is 0.517. The standard InChI is InChI=1S/C30H38N4O5S/c1-17-18(2)26(17)30(37)34-23-14-16-32(27(23)19(3)28(34)35)29(36)24-12-8-15-33(24)40(38,39)25-13-7-9-20-21(25)10-6-11-22(20)31(4)5/h6-7,9-11,13,17-19,23-24,26-27H,8,12,14-16H2,1-5H3/t17-,18+,19-,23-,24-,26?,27+/m0/s1. The Bertz CT molecular complexity index is 1500. The fourth-order valence-electron chi connectivity index (χ4n) is 7.49. The van der Waals surface area contributed by atoms with Crippen LogP contribution in [0.1, 0.15) is 40.0 Å².